The highest BCUT2D eigenvalue weighted by molar-refractivity contribution is 6.01. The molecule has 0 unspecified atom stereocenters. The van der Waals surface area contributed by atoms with E-state index in [4.69, 9.17) is 0 Å². The molecule has 2 aliphatic heterocycles. The van der Waals surface area contributed by atoms with Gasteiger partial charge in [-0.05, 0) is 44.4 Å². The van der Waals surface area contributed by atoms with Gasteiger partial charge in [-0.15, -0.1) is 0 Å². The lowest BCUT2D eigenvalue weighted by Gasteiger charge is -2.43. The number of nitrogens with zero attached hydrogens (tertiary/aromatic N) is 2. The van der Waals surface area contributed by atoms with Crippen LogP contribution >= 0.6 is 0 Å². The molecule has 2 N–H and O–H groups in total. The number of aliphatic carboxylic acids is 1. The Hall–Kier alpha value is -3.45. The predicted molar refractivity (Wildman–Crippen MR) is 131 cm³/mol. The van der Waals surface area contributed by atoms with Gasteiger partial charge >= 0.3 is 5.97 Å². The lowest BCUT2D eigenvalue weighted by molar-refractivity contribution is -0.143. The maximum absolute atomic E-state index is 13.9. The second-order valence-electron chi connectivity index (χ2n) is 9.65. The second-order valence-corrected chi connectivity index (χ2v) is 9.65. The van der Waals surface area contributed by atoms with Gasteiger partial charge in [0.15, 0.2) is 0 Å². The summed E-state index contributed by atoms with van der Waals surface area (Å²) in [6.07, 6.45) is 2.29. The number of nitrogens with one attached hydrogen (secondary N) is 1. The monoisotopic (exact) mass is 461 g/mol. The van der Waals surface area contributed by atoms with E-state index < -0.39 is 29.6 Å². The molecule has 0 saturated carbocycles. The third kappa shape index (κ3) is 4.35. The summed E-state index contributed by atoms with van der Waals surface area (Å²) in [4.78, 5) is 41.6. The summed E-state index contributed by atoms with van der Waals surface area (Å²) in [5.74, 6) is -1.41. The van der Waals surface area contributed by atoms with Gasteiger partial charge in [0, 0.05) is 12.5 Å². The van der Waals surface area contributed by atoms with Crippen LogP contribution < -0.4 is 10.2 Å². The van der Waals surface area contributed by atoms with Gasteiger partial charge in [0.05, 0.1) is 29.9 Å². The Kier molecular flexibility index (Phi) is 6.32. The Bertz CT molecular complexity index is 1140. The van der Waals surface area contributed by atoms with Gasteiger partial charge in [-0.1, -0.05) is 54.6 Å². The summed E-state index contributed by atoms with van der Waals surface area (Å²) in [6, 6.07) is 15.5. The number of carbonyl (C=O) groups excluding carboxylic acids is 2. The van der Waals surface area contributed by atoms with Crippen molar-refractivity contribution in [3.63, 3.8) is 0 Å². The van der Waals surface area contributed by atoms with E-state index >= 15 is 0 Å². The van der Waals surface area contributed by atoms with E-state index in [0.29, 0.717) is 0 Å². The zero-order valence-corrected chi connectivity index (χ0v) is 20.0. The SMILES string of the molecule is CC(=O)N[C@H]1C[C@@H](C(=O)O)N(CC(=O)N2c3ccccc3C(C)=CC2(C)C)[C@H]1c1ccccc1. The molecule has 2 aromatic carbocycles. The highest BCUT2D eigenvalue weighted by Crippen LogP contribution is 2.41. The predicted octanol–water partition coefficient (Wildman–Crippen LogP) is 3.62. The minimum atomic E-state index is -1.00. The molecular weight excluding hydrogens is 430 g/mol. The number of carboxylic acids is 1. The van der Waals surface area contributed by atoms with Crippen molar-refractivity contribution in [2.45, 2.75) is 57.8 Å². The number of benzene rings is 2. The van der Waals surface area contributed by atoms with Crippen LogP contribution in [0.1, 0.15) is 51.3 Å². The van der Waals surface area contributed by atoms with E-state index in [-0.39, 0.29) is 24.8 Å². The zero-order chi connectivity index (χ0) is 24.6. The third-order valence-corrected chi connectivity index (χ3v) is 6.71. The van der Waals surface area contributed by atoms with E-state index in [9.17, 15) is 19.5 Å². The van der Waals surface area contributed by atoms with Crippen LogP contribution in [0.5, 0.6) is 0 Å². The fourth-order valence-corrected chi connectivity index (χ4v) is 5.52. The van der Waals surface area contributed by atoms with Gasteiger partial charge in [0.1, 0.15) is 6.04 Å². The molecule has 3 atom stereocenters. The molecule has 2 aliphatic rings. The molecule has 0 radical (unpaired) electrons. The van der Waals surface area contributed by atoms with Gasteiger partial charge in [0.25, 0.3) is 0 Å². The summed E-state index contributed by atoms with van der Waals surface area (Å²) < 4.78 is 0. The van der Waals surface area contributed by atoms with Gasteiger partial charge in [-0.2, -0.15) is 0 Å². The smallest absolute Gasteiger partial charge is 0.321 e. The summed E-state index contributed by atoms with van der Waals surface area (Å²) in [7, 11) is 0. The molecule has 0 bridgehead atoms. The maximum Gasteiger partial charge on any atom is 0.321 e. The van der Waals surface area contributed by atoms with Crippen LogP contribution in [0.4, 0.5) is 5.69 Å². The van der Waals surface area contributed by atoms with E-state index in [1.807, 2.05) is 75.4 Å². The Morgan fingerprint density at radius 2 is 1.71 bits per heavy atom. The molecule has 4 rings (SSSR count). The number of likely N-dealkylation sites (tertiary alicyclic amines) is 1. The first kappa shape index (κ1) is 23.7. The van der Waals surface area contributed by atoms with Crippen LogP contribution in [0.3, 0.4) is 0 Å². The average Bonchev–Trinajstić information content (AvgIpc) is 3.11. The second kappa shape index (κ2) is 9.06. The molecule has 2 amide bonds. The number of hydrogen-bond donors (Lipinski definition) is 2. The molecular formula is C27H31N3O4. The van der Waals surface area contributed by atoms with Crippen LogP contribution in [-0.2, 0) is 14.4 Å². The largest absolute Gasteiger partial charge is 0.480 e. The van der Waals surface area contributed by atoms with E-state index in [2.05, 4.69) is 11.4 Å². The van der Waals surface area contributed by atoms with Gasteiger partial charge in [0.2, 0.25) is 11.8 Å². The van der Waals surface area contributed by atoms with Crippen molar-refractivity contribution in [2.75, 3.05) is 11.4 Å². The standard InChI is InChI=1S/C27H31N3O4/c1-17-15-27(3,4)30(22-13-9-8-12-20(17)22)24(32)16-29-23(26(33)34)14-21(28-18(2)31)25(29)19-10-6-5-7-11-19/h5-13,15,21,23,25H,14,16H2,1-4H3,(H,28,31)(H,33,34)/t21-,23-,25-/m0/s1. The van der Waals surface area contributed by atoms with E-state index in [1.54, 1.807) is 9.80 Å². The maximum atomic E-state index is 13.9. The molecule has 178 valence electrons. The van der Waals surface area contributed by atoms with Crippen molar-refractivity contribution >= 4 is 29.0 Å². The van der Waals surface area contributed by atoms with Crippen LogP contribution in [0, 0.1) is 0 Å². The van der Waals surface area contributed by atoms with E-state index in [1.165, 1.54) is 6.92 Å². The average molecular weight is 462 g/mol. The number of allylic oxidation sites excluding steroid dienone is 1. The summed E-state index contributed by atoms with van der Waals surface area (Å²) in [6.45, 7) is 7.34. The molecule has 2 heterocycles. The number of rotatable bonds is 5. The molecule has 2 aromatic rings. The number of fused-ring (bicyclic) bond motifs is 1. The van der Waals surface area contributed by atoms with Crippen molar-refractivity contribution in [2.24, 2.45) is 0 Å². The van der Waals surface area contributed by atoms with Crippen LogP contribution in [0.15, 0.2) is 60.7 Å². The molecule has 34 heavy (non-hydrogen) atoms. The lowest BCUT2D eigenvalue weighted by Crippen LogP contribution is -2.54. The number of anilines is 1. The van der Waals surface area contributed by atoms with Crippen molar-refractivity contribution < 1.29 is 19.5 Å². The number of para-hydroxylation sites is 1. The fraction of sp³-hybridized carbons (Fsp3) is 0.370. The minimum absolute atomic E-state index is 0.0860. The van der Waals surface area contributed by atoms with E-state index in [0.717, 1.165) is 22.4 Å². The number of amides is 2. The Morgan fingerprint density at radius 3 is 2.35 bits per heavy atom. The van der Waals surface area contributed by atoms with Crippen molar-refractivity contribution in [3.8, 4) is 0 Å². The third-order valence-electron chi connectivity index (χ3n) is 6.71. The summed E-state index contributed by atoms with van der Waals surface area (Å²) >= 11 is 0. The minimum Gasteiger partial charge on any atom is -0.480 e. The first-order valence-corrected chi connectivity index (χ1v) is 11.5. The molecule has 0 aliphatic carbocycles. The molecule has 7 nitrogen and oxygen atoms in total. The molecule has 1 saturated heterocycles. The fourth-order valence-electron chi connectivity index (χ4n) is 5.52. The normalized spacial score (nSPS) is 23.7. The Balaban J connectivity index is 1.73. The topological polar surface area (TPSA) is 90.0 Å². The molecule has 0 spiro atoms. The molecule has 0 aromatic heterocycles. The first-order chi connectivity index (χ1) is 16.1. The Morgan fingerprint density at radius 1 is 1.06 bits per heavy atom. The number of carbonyl (C=O) groups is 3. The lowest BCUT2D eigenvalue weighted by atomic mass is 9.88. The number of hydrogen-bond acceptors (Lipinski definition) is 4. The summed E-state index contributed by atoms with van der Waals surface area (Å²) in [5.41, 5.74) is 3.20. The van der Waals surface area contributed by atoms with Crippen molar-refractivity contribution in [1.82, 2.24) is 10.2 Å². The zero-order valence-electron chi connectivity index (χ0n) is 20.0. The van der Waals surface area contributed by atoms with Crippen molar-refractivity contribution in [3.05, 3.63) is 71.8 Å². The van der Waals surface area contributed by atoms with Crippen LogP contribution in [0.2, 0.25) is 0 Å². The number of carboxylic acid groups (broad SMARTS) is 1. The van der Waals surface area contributed by atoms with Crippen LogP contribution in [0.25, 0.3) is 5.57 Å². The Labute approximate surface area is 200 Å². The highest BCUT2D eigenvalue weighted by Gasteiger charge is 2.47. The van der Waals surface area contributed by atoms with Gasteiger partial charge < -0.3 is 15.3 Å². The van der Waals surface area contributed by atoms with Crippen LogP contribution in [-0.4, -0.2) is 52.0 Å². The molecule has 1 fully saturated rings. The summed E-state index contributed by atoms with van der Waals surface area (Å²) in [5, 5.41) is 12.9. The van der Waals surface area contributed by atoms with Gasteiger partial charge in [-0.3, -0.25) is 19.3 Å². The quantitative estimate of drug-likeness (QED) is 0.710. The van der Waals surface area contributed by atoms with Crippen molar-refractivity contribution in [1.29, 1.82) is 0 Å². The van der Waals surface area contributed by atoms with Gasteiger partial charge in [-0.25, -0.2) is 0 Å². The highest BCUT2D eigenvalue weighted by atomic mass is 16.4. The molecule has 7 heteroatoms. The first-order valence-electron chi connectivity index (χ1n) is 11.5.